The number of ether oxygens (including phenoxy) is 1. The Morgan fingerprint density at radius 3 is 2.85 bits per heavy atom. The molecule has 72 valence electrons. The number of benzene rings is 1. The van der Waals surface area contributed by atoms with Crippen LogP contribution in [0, 0.1) is 3.57 Å². The predicted molar refractivity (Wildman–Crippen MR) is 67.7 cm³/mol. The molecule has 1 aromatic carbocycles. The van der Waals surface area contributed by atoms with E-state index in [0.717, 1.165) is 31.0 Å². The largest absolute Gasteiger partial charge is 0.494 e. The molecule has 0 atom stereocenters. The molecule has 0 spiro atoms. The SMILES string of the molecule is SCCCCOc1cccc(I)c1. The van der Waals surface area contributed by atoms with Gasteiger partial charge >= 0.3 is 0 Å². The first-order valence-electron chi connectivity index (χ1n) is 4.32. The van der Waals surface area contributed by atoms with Gasteiger partial charge in [0.2, 0.25) is 0 Å². The van der Waals surface area contributed by atoms with Gasteiger partial charge in [-0.3, -0.25) is 0 Å². The molecule has 0 aliphatic rings. The van der Waals surface area contributed by atoms with Crippen LogP contribution in [0.25, 0.3) is 0 Å². The molecule has 0 aliphatic heterocycles. The number of unbranched alkanes of at least 4 members (excludes halogenated alkanes) is 1. The highest BCUT2D eigenvalue weighted by Crippen LogP contribution is 2.14. The zero-order valence-electron chi connectivity index (χ0n) is 7.37. The van der Waals surface area contributed by atoms with Gasteiger partial charge in [0.25, 0.3) is 0 Å². The number of rotatable bonds is 5. The lowest BCUT2D eigenvalue weighted by atomic mass is 10.3. The van der Waals surface area contributed by atoms with E-state index < -0.39 is 0 Å². The Morgan fingerprint density at radius 1 is 1.31 bits per heavy atom. The van der Waals surface area contributed by atoms with E-state index in [1.807, 2.05) is 18.2 Å². The molecule has 3 heteroatoms. The summed E-state index contributed by atoms with van der Waals surface area (Å²) < 4.78 is 6.76. The molecule has 0 unspecified atom stereocenters. The van der Waals surface area contributed by atoms with Crippen molar-refractivity contribution in [3.63, 3.8) is 0 Å². The van der Waals surface area contributed by atoms with Crippen LogP contribution in [-0.4, -0.2) is 12.4 Å². The molecular weight excluding hydrogens is 295 g/mol. The van der Waals surface area contributed by atoms with E-state index in [-0.39, 0.29) is 0 Å². The molecule has 1 rings (SSSR count). The Kier molecular flexibility index (Phi) is 5.62. The van der Waals surface area contributed by atoms with Crippen LogP contribution in [0.4, 0.5) is 0 Å². The van der Waals surface area contributed by atoms with Gasteiger partial charge in [-0.25, -0.2) is 0 Å². The second-order valence-corrected chi connectivity index (χ2v) is 4.43. The average molecular weight is 308 g/mol. The molecule has 0 aliphatic carbocycles. The third kappa shape index (κ3) is 4.76. The van der Waals surface area contributed by atoms with Crippen molar-refractivity contribution in [2.24, 2.45) is 0 Å². The molecular formula is C10H13IOS. The van der Waals surface area contributed by atoms with Gasteiger partial charge in [-0.05, 0) is 59.4 Å². The van der Waals surface area contributed by atoms with Crippen molar-refractivity contribution in [3.8, 4) is 5.75 Å². The van der Waals surface area contributed by atoms with Gasteiger partial charge in [-0.15, -0.1) is 0 Å². The Hall–Kier alpha value is 0.100. The third-order valence-electron chi connectivity index (χ3n) is 1.62. The van der Waals surface area contributed by atoms with E-state index in [1.54, 1.807) is 0 Å². The molecule has 1 aromatic rings. The summed E-state index contributed by atoms with van der Waals surface area (Å²) in [6.45, 7) is 0.792. The quantitative estimate of drug-likeness (QED) is 0.498. The number of hydrogen-bond acceptors (Lipinski definition) is 2. The highest BCUT2D eigenvalue weighted by molar-refractivity contribution is 14.1. The molecule has 13 heavy (non-hydrogen) atoms. The topological polar surface area (TPSA) is 9.23 Å². The molecule has 0 N–H and O–H groups in total. The van der Waals surface area contributed by atoms with E-state index in [0.29, 0.717) is 0 Å². The van der Waals surface area contributed by atoms with Crippen LogP contribution < -0.4 is 4.74 Å². The van der Waals surface area contributed by atoms with Crippen LogP contribution in [0.5, 0.6) is 5.75 Å². The van der Waals surface area contributed by atoms with Crippen molar-refractivity contribution in [1.29, 1.82) is 0 Å². The third-order valence-corrected chi connectivity index (χ3v) is 2.60. The summed E-state index contributed by atoms with van der Waals surface area (Å²) in [5, 5.41) is 0. The maximum Gasteiger partial charge on any atom is 0.120 e. The van der Waals surface area contributed by atoms with Crippen molar-refractivity contribution in [1.82, 2.24) is 0 Å². The lowest BCUT2D eigenvalue weighted by molar-refractivity contribution is 0.309. The normalized spacial score (nSPS) is 10.0. The van der Waals surface area contributed by atoms with Crippen LogP contribution in [-0.2, 0) is 0 Å². The Morgan fingerprint density at radius 2 is 2.15 bits per heavy atom. The first-order valence-corrected chi connectivity index (χ1v) is 6.03. The van der Waals surface area contributed by atoms with Gasteiger partial charge in [-0.2, -0.15) is 12.6 Å². The fraction of sp³-hybridized carbons (Fsp3) is 0.400. The van der Waals surface area contributed by atoms with Crippen molar-refractivity contribution < 1.29 is 4.74 Å². The van der Waals surface area contributed by atoms with Gasteiger partial charge in [-0.1, -0.05) is 6.07 Å². The molecule has 0 bridgehead atoms. The summed E-state index contributed by atoms with van der Waals surface area (Å²) in [5.41, 5.74) is 0. The minimum Gasteiger partial charge on any atom is -0.494 e. The first-order chi connectivity index (χ1) is 6.33. The maximum atomic E-state index is 5.55. The fourth-order valence-electron chi connectivity index (χ4n) is 0.961. The predicted octanol–water partition coefficient (Wildman–Crippen LogP) is 3.38. The molecule has 0 amide bonds. The van der Waals surface area contributed by atoms with Crippen molar-refractivity contribution in [3.05, 3.63) is 27.8 Å². The highest BCUT2D eigenvalue weighted by atomic mass is 127. The van der Waals surface area contributed by atoms with Gasteiger partial charge in [0.05, 0.1) is 6.61 Å². The zero-order chi connectivity index (χ0) is 9.52. The van der Waals surface area contributed by atoms with E-state index >= 15 is 0 Å². The Labute approximate surface area is 98.4 Å². The summed E-state index contributed by atoms with van der Waals surface area (Å²) >= 11 is 6.42. The highest BCUT2D eigenvalue weighted by Gasteiger charge is 1.93. The monoisotopic (exact) mass is 308 g/mol. The van der Waals surface area contributed by atoms with Crippen LogP contribution in [0.15, 0.2) is 24.3 Å². The molecule has 0 fully saturated rings. The maximum absolute atomic E-state index is 5.55. The van der Waals surface area contributed by atoms with Gasteiger partial charge in [0.1, 0.15) is 5.75 Å². The van der Waals surface area contributed by atoms with E-state index in [2.05, 4.69) is 41.3 Å². The van der Waals surface area contributed by atoms with Crippen molar-refractivity contribution in [2.75, 3.05) is 12.4 Å². The van der Waals surface area contributed by atoms with E-state index in [1.165, 1.54) is 3.57 Å². The fourth-order valence-corrected chi connectivity index (χ4v) is 1.70. The minimum atomic E-state index is 0.792. The molecule has 0 radical (unpaired) electrons. The van der Waals surface area contributed by atoms with E-state index in [4.69, 9.17) is 4.74 Å². The van der Waals surface area contributed by atoms with Crippen LogP contribution >= 0.6 is 35.2 Å². The second kappa shape index (κ2) is 6.54. The summed E-state index contributed by atoms with van der Waals surface area (Å²) in [7, 11) is 0. The van der Waals surface area contributed by atoms with Crippen molar-refractivity contribution in [2.45, 2.75) is 12.8 Å². The summed E-state index contributed by atoms with van der Waals surface area (Å²) in [6, 6.07) is 8.10. The number of hydrogen-bond donors (Lipinski definition) is 1. The average Bonchev–Trinajstić information content (AvgIpc) is 2.13. The van der Waals surface area contributed by atoms with Gasteiger partial charge < -0.3 is 4.74 Å². The summed E-state index contributed by atoms with van der Waals surface area (Å²) in [5.74, 6) is 1.90. The van der Waals surface area contributed by atoms with Crippen molar-refractivity contribution >= 4 is 35.2 Å². The van der Waals surface area contributed by atoms with Gasteiger partial charge in [0.15, 0.2) is 0 Å². The summed E-state index contributed by atoms with van der Waals surface area (Å²) in [4.78, 5) is 0. The lowest BCUT2D eigenvalue weighted by Crippen LogP contribution is -1.97. The van der Waals surface area contributed by atoms with Gasteiger partial charge in [0, 0.05) is 3.57 Å². The Balaban J connectivity index is 2.28. The first kappa shape index (κ1) is 11.2. The van der Waals surface area contributed by atoms with Crippen LogP contribution in [0.3, 0.4) is 0 Å². The number of halogens is 1. The smallest absolute Gasteiger partial charge is 0.120 e. The molecule has 0 saturated carbocycles. The Bertz CT molecular complexity index is 252. The number of thiol groups is 1. The minimum absolute atomic E-state index is 0.792. The molecule has 0 saturated heterocycles. The van der Waals surface area contributed by atoms with Crippen LogP contribution in [0.1, 0.15) is 12.8 Å². The summed E-state index contributed by atoms with van der Waals surface area (Å²) in [6.07, 6.45) is 2.20. The zero-order valence-corrected chi connectivity index (χ0v) is 10.4. The van der Waals surface area contributed by atoms with E-state index in [9.17, 15) is 0 Å². The molecule has 0 aromatic heterocycles. The lowest BCUT2D eigenvalue weighted by Gasteiger charge is -2.05. The standard InChI is InChI=1S/C10H13IOS/c11-9-4-3-5-10(8-9)12-6-1-2-7-13/h3-5,8,13H,1-2,6-7H2. The molecule has 0 heterocycles. The second-order valence-electron chi connectivity index (χ2n) is 2.74. The molecule has 1 nitrogen and oxygen atoms in total. The van der Waals surface area contributed by atoms with Crippen LogP contribution in [0.2, 0.25) is 0 Å².